The number of nitrogens with one attached hydrogen (secondary N) is 1. The minimum Gasteiger partial charge on any atom is -0.497 e. The first-order chi connectivity index (χ1) is 14.6. The molecule has 2 aromatic carbocycles. The van der Waals surface area contributed by atoms with E-state index >= 15 is 0 Å². The van der Waals surface area contributed by atoms with Crippen LogP contribution >= 0.6 is 0 Å². The van der Waals surface area contributed by atoms with Crippen LogP contribution in [0.15, 0.2) is 47.0 Å². The minimum atomic E-state index is -0.324. The quantitative estimate of drug-likeness (QED) is 0.629. The Balaban J connectivity index is 1.30. The average Bonchev–Trinajstić information content (AvgIpc) is 3.24. The van der Waals surface area contributed by atoms with E-state index in [9.17, 15) is 4.39 Å². The molecule has 1 aromatic heterocycles. The maximum atomic E-state index is 13.9. The Labute approximate surface area is 174 Å². The topological polar surface area (TPSA) is 72.7 Å². The predicted octanol–water partition coefficient (Wildman–Crippen LogP) is 3.97. The minimum absolute atomic E-state index is 0.257. The fraction of sp³-hybridized carbons (Fsp3) is 0.364. The van der Waals surface area contributed by atoms with Gasteiger partial charge in [-0.1, -0.05) is 23.4 Å². The molecule has 1 saturated heterocycles. The summed E-state index contributed by atoms with van der Waals surface area (Å²) in [5.74, 6) is 1.22. The summed E-state index contributed by atoms with van der Waals surface area (Å²) < 4.78 is 29.5. The largest absolute Gasteiger partial charge is 0.497 e. The second kappa shape index (κ2) is 9.13. The predicted molar refractivity (Wildman–Crippen MR) is 111 cm³/mol. The van der Waals surface area contributed by atoms with Gasteiger partial charge in [0.2, 0.25) is 5.82 Å². The monoisotopic (exact) mass is 412 g/mol. The van der Waals surface area contributed by atoms with Gasteiger partial charge in [-0.25, -0.2) is 4.39 Å². The van der Waals surface area contributed by atoms with Crippen LogP contribution in [0.3, 0.4) is 0 Å². The Kier molecular flexibility index (Phi) is 6.13. The smallest absolute Gasteiger partial charge is 0.322 e. The first kappa shape index (κ1) is 20.2. The number of likely N-dealkylation sites (tertiary alicyclic amines) is 1. The summed E-state index contributed by atoms with van der Waals surface area (Å²) in [6, 6.07) is 13.4. The average molecular weight is 412 g/mol. The zero-order valence-electron chi connectivity index (χ0n) is 17.1. The van der Waals surface area contributed by atoms with Crippen molar-refractivity contribution in [2.45, 2.75) is 25.4 Å². The summed E-state index contributed by atoms with van der Waals surface area (Å²) in [7, 11) is 3.10. The Bertz CT molecular complexity index is 986. The van der Waals surface area contributed by atoms with Gasteiger partial charge in [0, 0.05) is 31.2 Å². The molecule has 2 heterocycles. The number of anilines is 1. The molecule has 30 heavy (non-hydrogen) atoms. The van der Waals surface area contributed by atoms with Crippen molar-refractivity contribution in [1.29, 1.82) is 0 Å². The van der Waals surface area contributed by atoms with Crippen molar-refractivity contribution in [2.75, 3.05) is 32.6 Å². The van der Waals surface area contributed by atoms with Gasteiger partial charge in [0.1, 0.15) is 5.75 Å². The van der Waals surface area contributed by atoms with Gasteiger partial charge in [-0.3, -0.25) is 4.90 Å². The fourth-order valence-electron chi connectivity index (χ4n) is 3.64. The molecule has 0 atom stereocenters. The highest BCUT2D eigenvalue weighted by atomic mass is 19.1. The van der Waals surface area contributed by atoms with Crippen molar-refractivity contribution < 1.29 is 18.4 Å². The van der Waals surface area contributed by atoms with Crippen molar-refractivity contribution in [3.05, 3.63) is 53.8 Å². The van der Waals surface area contributed by atoms with Gasteiger partial charge in [0.05, 0.1) is 14.2 Å². The third kappa shape index (κ3) is 4.71. The molecule has 0 amide bonds. The Morgan fingerprint density at radius 2 is 1.97 bits per heavy atom. The number of methoxy groups -OCH3 is 2. The molecule has 0 bridgehead atoms. The Morgan fingerprint density at radius 1 is 1.13 bits per heavy atom. The van der Waals surface area contributed by atoms with E-state index < -0.39 is 0 Å². The van der Waals surface area contributed by atoms with Crippen LogP contribution in [0, 0.1) is 5.82 Å². The number of ether oxygens (including phenoxy) is 2. The molecule has 0 unspecified atom stereocenters. The van der Waals surface area contributed by atoms with Gasteiger partial charge in [-0.2, -0.15) is 4.98 Å². The van der Waals surface area contributed by atoms with Crippen LogP contribution in [0.2, 0.25) is 0 Å². The van der Waals surface area contributed by atoms with Crippen molar-refractivity contribution >= 4 is 6.01 Å². The standard InChI is InChI=1S/C22H25FN4O3/c1-28-18-5-3-4-16(13-18)21-25-22(30-26-21)24-17-8-10-27(11-9-17)14-15-6-7-20(29-2)19(23)12-15/h3-7,12-13,17H,8-11,14H2,1-2H3,(H,24,25,26). The lowest BCUT2D eigenvalue weighted by molar-refractivity contribution is 0.209. The van der Waals surface area contributed by atoms with Crippen LogP contribution in [0.5, 0.6) is 11.5 Å². The molecule has 1 fully saturated rings. The van der Waals surface area contributed by atoms with Gasteiger partial charge in [0.15, 0.2) is 11.6 Å². The molecule has 0 aliphatic carbocycles. The van der Waals surface area contributed by atoms with Crippen molar-refractivity contribution in [1.82, 2.24) is 15.0 Å². The number of nitrogens with zero attached hydrogens (tertiary/aromatic N) is 3. The lowest BCUT2D eigenvalue weighted by Gasteiger charge is -2.31. The molecule has 8 heteroatoms. The number of hydrogen-bond donors (Lipinski definition) is 1. The highest BCUT2D eigenvalue weighted by Gasteiger charge is 2.21. The SMILES string of the molecule is COc1cccc(-c2noc(NC3CCN(Cc4ccc(OC)c(F)c4)CC3)n2)c1. The molecule has 0 saturated carbocycles. The van der Waals surface area contributed by atoms with Crippen LogP contribution in [-0.2, 0) is 6.54 Å². The third-order valence-electron chi connectivity index (χ3n) is 5.29. The van der Waals surface area contributed by atoms with E-state index in [0.717, 1.165) is 42.8 Å². The van der Waals surface area contributed by atoms with Crippen LogP contribution in [0.1, 0.15) is 18.4 Å². The van der Waals surface area contributed by atoms with Crippen LogP contribution < -0.4 is 14.8 Å². The zero-order chi connectivity index (χ0) is 20.9. The van der Waals surface area contributed by atoms with E-state index in [1.54, 1.807) is 19.2 Å². The number of halogens is 1. The van der Waals surface area contributed by atoms with Crippen LogP contribution in [-0.4, -0.2) is 48.4 Å². The number of rotatable bonds is 7. The summed E-state index contributed by atoms with van der Waals surface area (Å²) in [6.07, 6.45) is 1.88. The molecule has 3 aromatic rings. The number of aromatic nitrogens is 2. The molecule has 7 nitrogen and oxygen atoms in total. The number of benzene rings is 2. The molecular formula is C22H25FN4O3. The van der Waals surface area contributed by atoms with Gasteiger partial charge < -0.3 is 19.3 Å². The second-order valence-electron chi connectivity index (χ2n) is 7.32. The van der Waals surface area contributed by atoms with Gasteiger partial charge in [-0.05, 0) is 42.7 Å². The summed E-state index contributed by atoms with van der Waals surface area (Å²) in [4.78, 5) is 6.77. The van der Waals surface area contributed by atoms with Crippen molar-refractivity contribution in [2.24, 2.45) is 0 Å². The first-order valence-electron chi connectivity index (χ1n) is 9.94. The highest BCUT2D eigenvalue weighted by molar-refractivity contribution is 5.57. The first-order valence-corrected chi connectivity index (χ1v) is 9.94. The molecule has 158 valence electrons. The molecule has 1 N–H and O–H groups in total. The summed E-state index contributed by atoms with van der Waals surface area (Å²) >= 11 is 0. The Morgan fingerprint density at radius 3 is 2.70 bits per heavy atom. The second-order valence-corrected chi connectivity index (χ2v) is 7.32. The van der Waals surface area contributed by atoms with E-state index in [0.29, 0.717) is 18.4 Å². The zero-order valence-corrected chi connectivity index (χ0v) is 17.1. The van der Waals surface area contributed by atoms with Crippen LogP contribution in [0.25, 0.3) is 11.4 Å². The molecule has 1 aliphatic heterocycles. The van der Waals surface area contributed by atoms with E-state index in [1.807, 2.05) is 30.3 Å². The van der Waals surface area contributed by atoms with Gasteiger partial charge in [0.25, 0.3) is 0 Å². The van der Waals surface area contributed by atoms with Crippen molar-refractivity contribution in [3.8, 4) is 22.9 Å². The third-order valence-corrected chi connectivity index (χ3v) is 5.29. The van der Waals surface area contributed by atoms with E-state index in [1.165, 1.54) is 7.11 Å². The molecule has 0 spiro atoms. The van der Waals surface area contributed by atoms with E-state index in [-0.39, 0.29) is 17.6 Å². The van der Waals surface area contributed by atoms with Crippen molar-refractivity contribution in [3.63, 3.8) is 0 Å². The van der Waals surface area contributed by atoms with E-state index in [2.05, 4.69) is 20.4 Å². The Hall–Kier alpha value is -3.13. The maximum absolute atomic E-state index is 13.9. The molecule has 1 aliphatic rings. The van der Waals surface area contributed by atoms with Crippen LogP contribution in [0.4, 0.5) is 10.4 Å². The normalized spacial score (nSPS) is 15.2. The summed E-state index contributed by atoms with van der Waals surface area (Å²) in [5, 5.41) is 7.39. The summed E-state index contributed by atoms with van der Waals surface area (Å²) in [6.45, 7) is 2.53. The lowest BCUT2D eigenvalue weighted by Crippen LogP contribution is -2.38. The number of hydrogen-bond acceptors (Lipinski definition) is 7. The molecule has 0 radical (unpaired) electrons. The fourth-order valence-corrected chi connectivity index (χ4v) is 3.64. The highest BCUT2D eigenvalue weighted by Crippen LogP contribution is 2.24. The maximum Gasteiger partial charge on any atom is 0.322 e. The van der Waals surface area contributed by atoms with E-state index in [4.69, 9.17) is 14.0 Å². The van der Waals surface area contributed by atoms with Gasteiger partial charge in [-0.15, -0.1) is 0 Å². The molecule has 4 rings (SSSR count). The lowest BCUT2D eigenvalue weighted by atomic mass is 10.0. The van der Waals surface area contributed by atoms with Gasteiger partial charge >= 0.3 is 6.01 Å². The summed E-state index contributed by atoms with van der Waals surface area (Å²) in [5.41, 5.74) is 1.78. The molecular weight excluding hydrogens is 387 g/mol. The number of piperidine rings is 1.